The van der Waals surface area contributed by atoms with E-state index in [1.54, 1.807) is 0 Å². The van der Waals surface area contributed by atoms with Crippen molar-refractivity contribution >= 4 is 34.6 Å². The summed E-state index contributed by atoms with van der Waals surface area (Å²) in [6, 6.07) is 16.7. The molecule has 1 aliphatic heterocycles. The Morgan fingerprint density at radius 3 is 2.71 bits per heavy atom. The summed E-state index contributed by atoms with van der Waals surface area (Å²) >= 11 is 11.6. The molecule has 2 aromatic rings. The molecule has 0 radical (unpaired) electrons. The molecular weight excluding hydrogens is 338 g/mol. The number of thiocarbonyl (C=S) groups is 1. The summed E-state index contributed by atoms with van der Waals surface area (Å²) in [5.41, 5.74) is 4.98. The summed E-state index contributed by atoms with van der Waals surface area (Å²) in [6.45, 7) is 0. The van der Waals surface area contributed by atoms with E-state index in [9.17, 15) is 0 Å². The van der Waals surface area contributed by atoms with Crippen molar-refractivity contribution in [2.75, 3.05) is 7.05 Å². The van der Waals surface area contributed by atoms with Gasteiger partial charge in [0.05, 0.1) is 11.8 Å². The normalized spacial score (nSPS) is 21.8. The Kier molecular flexibility index (Phi) is 4.02. The van der Waals surface area contributed by atoms with E-state index in [0.29, 0.717) is 11.0 Å². The summed E-state index contributed by atoms with van der Waals surface area (Å²) in [5, 5.41) is 11.3. The van der Waals surface area contributed by atoms with Gasteiger partial charge in [0.25, 0.3) is 0 Å². The fourth-order valence-corrected chi connectivity index (χ4v) is 4.02. The van der Waals surface area contributed by atoms with Gasteiger partial charge < -0.3 is 5.32 Å². The summed E-state index contributed by atoms with van der Waals surface area (Å²) in [5.74, 6) is 0.340. The van der Waals surface area contributed by atoms with Gasteiger partial charge >= 0.3 is 0 Å². The molecule has 0 bridgehead atoms. The van der Waals surface area contributed by atoms with Crippen LogP contribution in [0, 0.1) is 5.92 Å². The van der Waals surface area contributed by atoms with Crippen molar-refractivity contribution in [3.63, 3.8) is 0 Å². The minimum Gasteiger partial charge on any atom is -0.364 e. The highest BCUT2D eigenvalue weighted by Gasteiger charge is 2.42. The van der Waals surface area contributed by atoms with Crippen LogP contribution in [0.2, 0.25) is 5.02 Å². The largest absolute Gasteiger partial charge is 0.364 e. The standard InChI is InChI=1S/C19H18ClN3S/c1-21-19(24)23-18(13-6-9-14(20)10-7-13)16-11-8-12-4-2-3-5-15(12)17(16)22-23/h2-7,9-10,16,18H,8,11H2,1H3,(H,21,24). The molecule has 0 aromatic heterocycles. The molecule has 5 heteroatoms. The number of halogens is 1. The van der Waals surface area contributed by atoms with Gasteiger partial charge in [0.2, 0.25) is 0 Å². The highest BCUT2D eigenvalue weighted by atomic mass is 35.5. The van der Waals surface area contributed by atoms with Gasteiger partial charge in [-0.25, -0.2) is 5.01 Å². The average Bonchev–Trinajstić information content (AvgIpc) is 3.01. The molecular formula is C19H18ClN3S. The first-order valence-corrected chi connectivity index (χ1v) is 8.91. The Labute approximate surface area is 152 Å². The number of aryl methyl sites for hydroxylation is 1. The van der Waals surface area contributed by atoms with Crippen molar-refractivity contribution in [3.8, 4) is 0 Å². The quantitative estimate of drug-likeness (QED) is 0.778. The molecule has 1 heterocycles. The van der Waals surface area contributed by atoms with Crippen molar-refractivity contribution in [3.05, 3.63) is 70.2 Å². The maximum Gasteiger partial charge on any atom is 0.189 e. The Hall–Kier alpha value is -1.91. The third-order valence-electron chi connectivity index (χ3n) is 4.86. The zero-order valence-electron chi connectivity index (χ0n) is 13.4. The molecule has 24 heavy (non-hydrogen) atoms. The van der Waals surface area contributed by atoms with Crippen LogP contribution in [0.3, 0.4) is 0 Å². The summed E-state index contributed by atoms with van der Waals surface area (Å²) < 4.78 is 0. The SMILES string of the molecule is CNC(=S)N1N=C2c3ccccc3CCC2C1c1ccc(Cl)cc1. The fraction of sp³-hybridized carbons (Fsp3) is 0.263. The molecule has 1 N–H and O–H groups in total. The lowest BCUT2D eigenvalue weighted by Gasteiger charge is -2.30. The smallest absolute Gasteiger partial charge is 0.189 e. The second-order valence-electron chi connectivity index (χ2n) is 6.18. The van der Waals surface area contributed by atoms with E-state index < -0.39 is 0 Å². The van der Waals surface area contributed by atoms with E-state index in [2.05, 4.69) is 41.7 Å². The van der Waals surface area contributed by atoms with E-state index >= 15 is 0 Å². The first-order chi connectivity index (χ1) is 11.7. The topological polar surface area (TPSA) is 27.6 Å². The predicted octanol–water partition coefficient (Wildman–Crippen LogP) is 4.17. The van der Waals surface area contributed by atoms with E-state index in [4.69, 9.17) is 28.9 Å². The summed E-state index contributed by atoms with van der Waals surface area (Å²) in [6.07, 6.45) is 2.15. The monoisotopic (exact) mass is 355 g/mol. The highest BCUT2D eigenvalue weighted by Crippen LogP contribution is 2.43. The van der Waals surface area contributed by atoms with Crippen LogP contribution in [0.15, 0.2) is 53.6 Å². The molecule has 3 nitrogen and oxygen atoms in total. The maximum absolute atomic E-state index is 6.07. The number of hydrogen-bond acceptors (Lipinski definition) is 2. The second-order valence-corrected chi connectivity index (χ2v) is 7.01. The Morgan fingerprint density at radius 2 is 1.96 bits per heavy atom. The van der Waals surface area contributed by atoms with Crippen LogP contribution >= 0.6 is 23.8 Å². The van der Waals surface area contributed by atoms with E-state index in [1.165, 1.54) is 16.7 Å². The first-order valence-electron chi connectivity index (χ1n) is 8.12. The third kappa shape index (κ3) is 2.50. The highest BCUT2D eigenvalue weighted by molar-refractivity contribution is 7.80. The van der Waals surface area contributed by atoms with Crippen molar-refractivity contribution in [1.29, 1.82) is 0 Å². The minimum absolute atomic E-state index is 0.116. The lowest BCUT2D eigenvalue weighted by atomic mass is 9.77. The van der Waals surface area contributed by atoms with Crippen LogP contribution in [-0.4, -0.2) is 22.9 Å². The molecule has 0 spiro atoms. The van der Waals surface area contributed by atoms with Crippen molar-refractivity contribution in [2.24, 2.45) is 11.0 Å². The average molecular weight is 356 g/mol. The molecule has 2 aliphatic rings. The number of nitrogens with one attached hydrogen (secondary N) is 1. The summed E-state index contributed by atoms with van der Waals surface area (Å²) in [7, 11) is 1.84. The number of fused-ring (bicyclic) bond motifs is 3. The van der Waals surface area contributed by atoms with E-state index in [1.807, 2.05) is 24.2 Å². The maximum atomic E-state index is 6.07. The van der Waals surface area contributed by atoms with Gasteiger partial charge in [-0.3, -0.25) is 0 Å². The first kappa shape index (κ1) is 15.6. The summed E-state index contributed by atoms with van der Waals surface area (Å²) in [4.78, 5) is 0. The third-order valence-corrected chi connectivity index (χ3v) is 5.51. The second kappa shape index (κ2) is 6.19. The molecule has 122 valence electrons. The molecule has 0 saturated heterocycles. The van der Waals surface area contributed by atoms with Crippen LogP contribution in [0.1, 0.15) is 29.2 Å². The molecule has 2 unspecified atom stereocenters. The van der Waals surface area contributed by atoms with Gasteiger partial charge in [-0.05, 0) is 48.3 Å². The number of nitrogens with zero attached hydrogens (tertiary/aromatic N) is 2. The van der Waals surface area contributed by atoms with E-state index in [0.717, 1.165) is 23.6 Å². The molecule has 2 atom stereocenters. The van der Waals surface area contributed by atoms with Crippen molar-refractivity contribution in [1.82, 2.24) is 10.3 Å². The Bertz CT molecular complexity index is 816. The number of hydrazone groups is 1. The zero-order chi connectivity index (χ0) is 16.7. The number of benzene rings is 2. The van der Waals surface area contributed by atoms with Gasteiger partial charge in [-0.2, -0.15) is 5.10 Å². The van der Waals surface area contributed by atoms with Crippen LogP contribution in [0.25, 0.3) is 0 Å². The van der Waals surface area contributed by atoms with Gasteiger partial charge in [0.1, 0.15) is 0 Å². The van der Waals surface area contributed by atoms with Crippen LogP contribution in [-0.2, 0) is 6.42 Å². The van der Waals surface area contributed by atoms with E-state index in [-0.39, 0.29) is 6.04 Å². The molecule has 0 amide bonds. The molecule has 4 rings (SSSR count). The molecule has 1 aliphatic carbocycles. The Balaban J connectivity index is 1.80. The van der Waals surface area contributed by atoms with Gasteiger partial charge in [-0.15, -0.1) is 0 Å². The van der Waals surface area contributed by atoms with Crippen LogP contribution in [0.5, 0.6) is 0 Å². The van der Waals surface area contributed by atoms with Crippen LogP contribution in [0.4, 0.5) is 0 Å². The Morgan fingerprint density at radius 1 is 1.21 bits per heavy atom. The van der Waals surface area contributed by atoms with Crippen molar-refractivity contribution < 1.29 is 0 Å². The lowest BCUT2D eigenvalue weighted by Crippen LogP contribution is -2.37. The molecule has 0 fully saturated rings. The van der Waals surface area contributed by atoms with Crippen molar-refractivity contribution in [2.45, 2.75) is 18.9 Å². The number of rotatable bonds is 1. The van der Waals surface area contributed by atoms with Gasteiger partial charge in [0, 0.05) is 23.6 Å². The molecule has 2 aromatic carbocycles. The molecule has 0 saturated carbocycles. The van der Waals surface area contributed by atoms with Gasteiger partial charge in [0.15, 0.2) is 5.11 Å². The minimum atomic E-state index is 0.116. The van der Waals surface area contributed by atoms with Gasteiger partial charge in [-0.1, -0.05) is 48.0 Å². The zero-order valence-corrected chi connectivity index (χ0v) is 14.9. The van der Waals surface area contributed by atoms with Crippen LogP contribution < -0.4 is 5.32 Å². The fourth-order valence-electron chi connectivity index (χ4n) is 3.74. The lowest BCUT2D eigenvalue weighted by molar-refractivity contribution is 0.305. The number of hydrogen-bond donors (Lipinski definition) is 1. The predicted molar refractivity (Wildman–Crippen MR) is 102 cm³/mol.